The molecule has 404 valence electrons. The van der Waals surface area contributed by atoms with Crippen LogP contribution in [0.1, 0.15) is 329 Å². The van der Waals surface area contributed by atoms with Crippen molar-refractivity contribution in [3.63, 3.8) is 0 Å². The molecule has 0 radical (unpaired) electrons. The van der Waals surface area contributed by atoms with E-state index in [1.54, 1.807) is 0 Å². The van der Waals surface area contributed by atoms with E-state index in [-0.39, 0.29) is 31.1 Å². The molecule has 0 aliphatic rings. The standard InChI is InChI=1S/C63H116O6/c1-4-7-10-13-16-19-22-24-26-28-30-31-33-34-36-38-41-44-47-50-53-56-62(65)68-59-60(58-67-61(64)55-52-49-46-43-40-21-18-15-12-9-6-3)69-63(66)57-54-51-48-45-42-39-37-35-32-29-27-25-23-20-17-14-11-8-5-2/h15,17-18,20,25,27,60H,4-14,16,19,21-24,26,28-59H2,1-3H3/b18-15-,20-17-,27-25-/t60-/m1/s1. The van der Waals surface area contributed by atoms with Crippen LogP contribution in [-0.2, 0) is 28.6 Å². The first kappa shape index (κ1) is 66.6. The minimum absolute atomic E-state index is 0.0726. The van der Waals surface area contributed by atoms with E-state index in [0.29, 0.717) is 19.3 Å². The number of carbonyl (C=O) groups is 3. The van der Waals surface area contributed by atoms with Gasteiger partial charge in [-0.15, -0.1) is 0 Å². The topological polar surface area (TPSA) is 78.9 Å². The highest BCUT2D eigenvalue weighted by Gasteiger charge is 2.19. The van der Waals surface area contributed by atoms with Crippen LogP contribution in [-0.4, -0.2) is 37.2 Å². The molecule has 6 heteroatoms. The zero-order valence-corrected chi connectivity index (χ0v) is 46.3. The van der Waals surface area contributed by atoms with Gasteiger partial charge in [0, 0.05) is 19.3 Å². The molecule has 0 aromatic heterocycles. The Hall–Kier alpha value is -2.37. The van der Waals surface area contributed by atoms with Gasteiger partial charge in [-0.2, -0.15) is 0 Å². The van der Waals surface area contributed by atoms with Gasteiger partial charge in [-0.3, -0.25) is 14.4 Å². The van der Waals surface area contributed by atoms with E-state index >= 15 is 0 Å². The summed E-state index contributed by atoms with van der Waals surface area (Å²) in [5.41, 5.74) is 0. The SMILES string of the molecule is CCCC/C=C\CCCCCCCC(=O)OC[C@H](COC(=O)CCCCCCCCCCCCCCCCCCCCCCC)OC(=O)CCCCCCCCCCC/C=C\C/C=C\CCCCC. The molecule has 0 amide bonds. The van der Waals surface area contributed by atoms with Gasteiger partial charge in [0.05, 0.1) is 0 Å². The summed E-state index contributed by atoms with van der Waals surface area (Å²) in [6.45, 7) is 6.62. The average molecular weight is 970 g/mol. The van der Waals surface area contributed by atoms with E-state index in [1.165, 1.54) is 218 Å². The molecule has 0 N–H and O–H groups in total. The monoisotopic (exact) mass is 969 g/mol. The van der Waals surface area contributed by atoms with Gasteiger partial charge in [-0.1, -0.05) is 276 Å². The maximum Gasteiger partial charge on any atom is 0.306 e. The first-order valence-electron chi connectivity index (χ1n) is 30.5. The zero-order valence-electron chi connectivity index (χ0n) is 46.3. The lowest BCUT2D eigenvalue weighted by molar-refractivity contribution is -0.167. The predicted molar refractivity (Wildman–Crippen MR) is 298 cm³/mol. The summed E-state index contributed by atoms with van der Waals surface area (Å²) in [7, 11) is 0. The van der Waals surface area contributed by atoms with Crippen molar-refractivity contribution in [1.82, 2.24) is 0 Å². The molecule has 1 atom stereocenters. The van der Waals surface area contributed by atoms with E-state index in [0.717, 1.165) is 70.6 Å². The minimum atomic E-state index is -0.775. The summed E-state index contributed by atoms with van der Waals surface area (Å²) in [6.07, 6.45) is 70.0. The number of carbonyl (C=O) groups excluding carboxylic acids is 3. The Morgan fingerprint density at radius 3 is 0.884 bits per heavy atom. The number of hydrogen-bond acceptors (Lipinski definition) is 6. The van der Waals surface area contributed by atoms with E-state index < -0.39 is 6.10 Å². The normalized spacial score (nSPS) is 12.2. The quantitative estimate of drug-likeness (QED) is 0.0261. The van der Waals surface area contributed by atoms with Crippen LogP contribution in [0.2, 0.25) is 0 Å². The Bertz CT molecular complexity index is 1160. The number of ether oxygens (including phenoxy) is 3. The lowest BCUT2D eigenvalue weighted by Gasteiger charge is -2.18. The number of rotatable bonds is 56. The lowest BCUT2D eigenvalue weighted by Crippen LogP contribution is -2.30. The summed E-state index contributed by atoms with van der Waals surface area (Å²) < 4.78 is 16.9. The van der Waals surface area contributed by atoms with Crippen molar-refractivity contribution in [1.29, 1.82) is 0 Å². The number of unbranched alkanes of at least 4 members (excludes halogenated alkanes) is 39. The molecule has 0 aromatic carbocycles. The third-order valence-electron chi connectivity index (χ3n) is 13.6. The molecule has 0 fully saturated rings. The van der Waals surface area contributed by atoms with Gasteiger partial charge in [0.1, 0.15) is 13.2 Å². The van der Waals surface area contributed by atoms with E-state index in [2.05, 4.69) is 57.2 Å². The van der Waals surface area contributed by atoms with Crippen molar-refractivity contribution in [3.8, 4) is 0 Å². The van der Waals surface area contributed by atoms with Crippen molar-refractivity contribution in [2.75, 3.05) is 13.2 Å². The van der Waals surface area contributed by atoms with Crippen molar-refractivity contribution in [3.05, 3.63) is 36.5 Å². The van der Waals surface area contributed by atoms with Crippen LogP contribution in [0.25, 0.3) is 0 Å². The van der Waals surface area contributed by atoms with Gasteiger partial charge in [-0.05, 0) is 70.6 Å². The first-order valence-corrected chi connectivity index (χ1v) is 30.5. The van der Waals surface area contributed by atoms with Crippen molar-refractivity contribution in [2.24, 2.45) is 0 Å². The summed E-state index contributed by atoms with van der Waals surface area (Å²) in [5, 5.41) is 0. The fraction of sp³-hybridized carbons (Fsp3) is 0.857. The van der Waals surface area contributed by atoms with Gasteiger partial charge in [-0.25, -0.2) is 0 Å². The fourth-order valence-corrected chi connectivity index (χ4v) is 8.99. The Balaban J connectivity index is 4.26. The van der Waals surface area contributed by atoms with Crippen LogP contribution in [0.15, 0.2) is 36.5 Å². The second-order valence-electron chi connectivity index (χ2n) is 20.6. The van der Waals surface area contributed by atoms with Crippen LogP contribution in [0, 0.1) is 0 Å². The van der Waals surface area contributed by atoms with Gasteiger partial charge in [0.2, 0.25) is 0 Å². The second-order valence-corrected chi connectivity index (χ2v) is 20.6. The van der Waals surface area contributed by atoms with Gasteiger partial charge in [0.25, 0.3) is 0 Å². The molecule has 0 aliphatic carbocycles. The molecule has 0 unspecified atom stereocenters. The summed E-state index contributed by atoms with van der Waals surface area (Å²) in [6, 6.07) is 0. The van der Waals surface area contributed by atoms with Crippen molar-refractivity contribution in [2.45, 2.75) is 335 Å². The lowest BCUT2D eigenvalue weighted by atomic mass is 10.0. The minimum Gasteiger partial charge on any atom is -0.462 e. The van der Waals surface area contributed by atoms with Crippen LogP contribution in [0.4, 0.5) is 0 Å². The summed E-state index contributed by atoms with van der Waals surface area (Å²) in [5.74, 6) is -0.868. The van der Waals surface area contributed by atoms with Gasteiger partial charge < -0.3 is 14.2 Å². The van der Waals surface area contributed by atoms with Gasteiger partial charge in [0.15, 0.2) is 6.10 Å². The third-order valence-corrected chi connectivity index (χ3v) is 13.6. The Morgan fingerprint density at radius 2 is 0.536 bits per heavy atom. The van der Waals surface area contributed by atoms with Crippen LogP contribution < -0.4 is 0 Å². The van der Waals surface area contributed by atoms with Crippen LogP contribution in [0.5, 0.6) is 0 Å². The highest BCUT2D eigenvalue weighted by atomic mass is 16.6. The van der Waals surface area contributed by atoms with Crippen molar-refractivity contribution < 1.29 is 28.6 Å². The van der Waals surface area contributed by atoms with Crippen LogP contribution in [0.3, 0.4) is 0 Å². The maximum atomic E-state index is 12.9. The number of hydrogen-bond donors (Lipinski definition) is 0. The van der Waals surface area contributed by atoms with Gasteiger partial charge >= 0.3 is 17.9 Å². The second kappa shape index (κ2) is 58.2. The molecular formula is C63H116O6. The average Bonchev–Trinajstić information content (AvgIpc) is 3.35. The summed E-state index contributed by atoms with van der Waals surface area (Å²) in [4.78, 5) is 38.2. The zero-order chi connectivity index (χ0) is 50.0. The molecular weight excluding hydrogens is 853 g/mol. The molecule has 0 aliphatic heterocycles. The number of allylic oxidation sites excluding steroid dienone is 6. The fourth-order valence-electron chi connectivity index (χ4n) is 8.99. The molecule has 0 rings (SSSR count). The molecule has 0 aromatic rings. The number of esters is 3. The highest BCUT2D eigenvalue weighted by molar-refractivity contribution is 5.71. The molecule has 0 spiro atoms. The Morgan fingerprint density at radius 1 is 0.290 bits per heavy atom. The molecule has 0 bridgehead atoms. The third kappa shape index (κ3) is 56.4. The molecule has 69 heavy (non-hydrogen) atoms. The molecule has 0 heterocycles. The van der Waals surface area contributed by atoms with E-state index in [4.69, 9.17) is 14.2 Å². The Kier molecular flexibility index (Phi) is 56.2. The molecule has 6 nitrogen and oxygen atoms in total. The van der Waals surface area contributed by atoms with Crippen molar-refractivity contribution >= 4 is 17.9 Å². The predicted octanol–water partition coefficient (Wildman–Crippen LogP) is 20.4. The molecule has 0 saturated heterocycles. The largest absolute Gasteiger partial charge is 0.462 e. The van der Waals surface area contributed by atoms with Crippen LogP contribution >= 0.6 is 0 Å². The summed E-state index contributed by atoms with van der Waals surface area (Å²) >= 11 is 0. The first-order chi connectivity index (χ1) is 34.0. The van der Waals surface area contributed by atoms with E-state index in [9.17, 15) is 14.4 Å². The molecule has 0 saturated carbocycles. The Labute approximate surface area is 429 Å². The van der Waals surface area contributed by atoms with E-state index in [1.807, 2.05) is 0 Å². The smallest absolute Gasteiger partial charge is 0.306 e. The maximum absolute atomic E-state index is 12.9. The highest BCUT2D eigenvalue weighted by Crippen LogP contribution is 2.17.